The Morgan fingerprint density at radius 3 is 2.36 bits per heavy atom. The van der Waals surface area contributed by atoms with Crippen molar-refractivity contribution in [3.05, 3.63) is 30.1 Å². The van der Waals surface area contributed by atoms with Crippen molar-refractivity contribution in [2.45, 2.75) is 19.9 Å². The van der Waals surface area contributed by atoms with Crippen LogP contribution in [-0.2, 0) is 4.79 Å². The summed E-state index contributed by atoms with van der Waals surface area (Å²) in [4.78, 5) is 15.7. The lowest BCUT2D eigenvalue weighted by molar-refractivity contribution is -0.124. The molecule has 3 heteroatoms. The normalized spacial score (nSPS) is 12.9. The number of nitrogens with zero attached hydrogens (tertiary/aromatic N) is 1. The Balaban J connectivity index is 2.88. The zero-order valence-corrected chi connectivity index (χ0v) is 8.82. The van der Waals surface area contributed by atoms with Gasteiger partial charge in [-0.15, -0.1) is 0 Å². The number of rotatable bonds is 4. The molecule has 0 bridgehead atoms. The lowest BCUT2D eigenvalue weighted by Crippen LogP contribution is -2.28. The fraction of sp³-hybridized carbons (Fsp3) is 0.455. The number of hydrogen-bond donors (Lipinski definition) is 1. The van der Waals surface area contributed by atoms with Crippen LogP contribution in [0.3, 0.4) is 0 Å². The molecule has 0 saturated carbocycles. The molecule has 0 radical (unpaired) electrons. The van der Waals surface area contributed by atoms with Gasteiger partial charge in [0.25, 0.3) is 0 Å². The first-order chi connectivity index (χ1) is 6.66. The number of hydrogen-bond acceptors (Lipinski definition) is 3. The van der Waals surface area contributed by atoms with Gasteiger partial charge in [-0.2, -0.15) is 0 Å². The Bertz CT molecular complexity index is 295. The van der Waals surface area contributed by atoms with Crippen LogP contribution in [0.1, 0.15) is 25.5 Å². The van der Waals surface area contributed by atoms with Crippen LogP contribution in [0.2, 0.25) is 0 Å². The summed E-state index contributed by atoms with van der Waals surface area (Å²) < 4.78 is 0. The molecule has 0 saturated heterocycles. The molecule has 0 fully saturated rings. The molecule has 1 unspecified atom stereocenters. The Hall–Kier alpha value is -1.22. The second-order valence-electron chi connectivity index (χ2n) is 3.56. The summed E-state index contributed by atoms with van der Waals surface area (Å²) in [5.41, 5.74) is 0.973. The highest BCUT2D eigenvalue weighted by Crippen LogP contribution is 2.16. The molecule has 1 atom stereocenters. The topological polar surface area (TPSA) is 42.0 Å². The van der Waals surface area contributed by atoms with E-state index in [0.717, 1.165) is 5.56 Å². The summed E-state index contributed by atoms with van der Waals surface area (Å²) in [6.45, 7) is 3.82. The summed E-state index contributed by atoms with van der Waals surface area (Å²) in [6.07, 6.45) is 3.40. The highest BCUT2D eigenvalue weighted by molar-refractivity contribution is 5.86. The summed E-state index contributed by atoms with van der Waals surface area (Å²) in [5.74, 6) is 0.249. The van der Waals surface area contributed by atoms with E-state index in [-0.39, 0.29) is 17.7 Å². The second-order valence-corrected chi connectivity index (χ2v) is 3.56. The van der Waals surface area contributed by atoms with E-state index in [2.05, 4.69) is 10.3 Å². The molecule has 0 aromatic carbocycles. The number of pyridine rings is 1. The number of ketones is 1. The van der Waals surface area contributed by atoms with E-state index in [4.69, 9.17) is 0 Å². The average Bonchev–Trinajstić information content (AvgIpc) is 2.20. The van der Waals surface area contributed by atoms with Crippen LogP contribution < -0.4 is 5.32 Å². The maximum Gasteiger partial charge on any atom is 0.156 e. The van der Waals surface area contributed by atoms with Gasteiger partial charge in [0, 0.05) is 18.3 Å². The van der Waals surface area contributed by atoms with Gasteiger partial charge in [-0.3, -0.25) is 9.78 Å². The number of nitrogens with one attached hydrogen (secondary N) is 1. The van der Waals surface area contributed by atoms with Gasteiger partial charge in [0.2, 0.25) is 0 Å². The molecule has 14 heavy (non-hydrogen) atoms. The number of carbonyl (C=O) groups excluding carboxylic acids is 1. The quantitative estimate of drug-likeness (QED) is 0.787. The predicted molar refractivity (Wildman–Crippen MR) is 55.9 cm³/mol. The monoisotopic (exact) mass is 192 g/mol. The maximum absolute atomic E-state index is 11.8. The van der Waals surface area contributed by atoms with Gasteiger partial charge < -0.3 is 5.32 Å². The van der Waals surface area contributed by atoms with Crippen molar-refractivity contribution >= 4 is 5.78 Å². The number of likely N-dealkylation sites (N-methyl/N-ethyl adjacent to an activating group) is 1. The van der Waals surface area contributed by atoms with Crippen LogP contribution in [0.4, 0.5) is 0 Å². The smallest absolute Gasteiger partial charge is 0.156 e. The minimum absolute atomic E-state index is 0.0422. The fourth-order valence-corrected chi connectivity index (χ4v) is 1.36. The van der Waals surface area contributed by atoms with Gasteiger partial charge in [-0.1, -0.05) is 13.8 Å². The number of carbonyl (C=O) groups is 1. The van der Waals surface area contributed by atoms with Gasteiger partial charge in [0.1, 0.15) is 0 Å². The van der Waals surface area contributed by atoms with E-state index in [0.29, 0.717) is 0 Å². The summed E-state index contributed by atoms with van der Waals surface area (Å²) >= 11 is 0. The largest absolute Gasteiger partial charge is 0.307 e. The molecule has 0 aliphatic carbocycles. The van der Waals surface area contributed by atoms with E-state index >= 15 is 0 Å². The van der Waals surface area contributed by atoms with Crippen LogP contribution >= 0.6 is 0 Å². The minimum Gasteiger partial charge on any atom is -0.307 e. The average molecular weight is 192 g/mol. The summed E-state index contributed by atoms with van der Waals surface area (Å²) in [5, 5.41) is 3.02. The van der Waals surface area contributed by atoms with Gasteiger partial charge in [-0.05, 0) is 24.7 Å². The van der Waals surface area contributed by atoms with Gasteiger partial charge in [0.15, 0.2) is 5.78 Å². The molecule has 1 heterocycles. The Morgan fingerprint density at radius 2 is 1.93 bits per heavy atom. The van der Waals surface area contributed by atoms with Crippen molar-refractivity contribution in [3.8, 4) is 0 Å². The molecule has 0 spiro atoms. The van der Waals surface area contributed by atoms with Crippen molar-refractivity contribution in [1.29, 1.82) is 0 Å². The molecule has 0 aliphatic rings. The molecule has 76 valence electrons. The van der Waals surface area contributed by atoms with E-state index in [1.54, 1.807) is 19.4 Å². The number of aromatic nitrogens is 1. The van der Waals surface area contributed by atoms with Crippen LogP contribution in [0.5, 0.6) is 0 Å². The third-order valence-electron chi connectivity index (χ3n) is 2.18. The van der Waals surface area contributed by atoms with Crippen molar-refractivity contribution in [2.75, 3.05) is 7.05 Å². The molecule has 1 aromatic heterocycles. The van der Waals surface area contributed by atoms with E-state index in [1.165, 1.54) is 0 Å². The Kier molecular flexibility index (Phi) is 3.77. The highest BCUT2D eigenvalue weighted by Gasteiger charge is 2.20. The molecule has 1 aromatic rings. The first-order valence-corrected chi connectivity index (χ1v) is 4.77. The molecular weight excluding hydrogens is 176 g/mol. The number of Topliss-reactive ketones (excluding diaryl/α,β-unsaturated/α-hetero) is 1. The van der Waals surface area contributed by atoms with Crippen LogP contribution in [0.25, 0.3) is 0 Å². The second kappa shape index (κ2) is 4.86. The molecule has 1 N–H and O–H groups in total. The standard InChI is InChI=1S/C11H16N2O/c1-8(2)11(14)10(12-3)9-4-6-13-7-5-9/h4-8,10,12H,1-3H3. The molecule has 0 aliphatic heterocycles. The Labute approximate surface area is 84.6 Å². The maximum atomic E-state index is 11.8. The zero-order valence-electron chi connectivity index (χ0n) is 8.82. The predicted octanol–water partition coefficient (Wildman–Crippen LogP) is 1.57. The summed E-state index contributed by atoms with van der Waals surface area (Å²) in [6, 6.07) is 3.51. The SMILES string of the molecule is CNC(C(=O)C(C)C)c1ccncc1. The van der Waals surface area contributed by atoms with Crippen molar-refractivity contribution < 1.29 is 4.79 Å². The highest BCUT2D eigenvalue weighted by atomic mass is 16.1. The van der Waals surface area contributed by atoms with Crippen LogP contribution in [0.15, 0.2) is 24.5 Å². The van der Waals surface area contributed by atoms with Crippen LogP contribution in [-0.4, -0.2) is 17.8 Å². The van der Waals surface area contributed by atoms with E-state index in [1.807, 2.05) is 26.0 Å². The Morgan fingerprint density at radius 1 is 1.36 bits per heavy atom. The lowest BCUT2D eigenvalue weighted by Gasteiger charge is -2.17. The molecular formula is C11H16N2O. The zero-order chi connectivity index (χ0) is 10.6. The lowest BCUT2D eigenvalue weighted by atomic mass is 9.96. The van der Waals surface area contributed by atoms with Gasteiger partial charge >= 0.3 is 0 Å². The summed E-state index contributed by atoms with van der Waals surface area (Å²) in [7, 11) is 1.80. The third-order valence-corrected chi connectivity index (χ3v) is 2.18. The fourth-order valence-electron chi connectivity index (χ4n) is 1.36. The minimum atomic E-state index is -0.210. The van der Waals surface area contributed by atoms with Gasteiger partial charge in [-0.25, -0.2) is 0 Å². The van der Waals surface area contributed by atoms with Crippen molar-refractivity contribution in [1.82, 2.24) is 10.3 Å². The van der Waals surface area contributed by atoms with Gasteiger partial charge in [0.05, 0.1) is 6.04 Å². The van der Waals surface area contributed by atoms with E-state index in [9.17, 15) is 4.79 Å². The van der Waals surface area contributed by atoms with Crippen molar-refractivity contribution in [2.24, 2.45) is 5.92 Å². The molecule has 0 amide bonds. The van der Waals surface area contributed by atoms with E-state index < -0.39 is 0 Å². The first kappa shape index (κ1) is 10.9. The van der Waals surface area contributed by atoms with Crippen LogP contribution in [0, 0.1) is 5.92 Å². The third kappa shape index (κ3) is 2.39. The molecule has 1 rings (SSSR count). The van der Waals surface area contributed by atoms with Crippen molar-refractivity contribution in [3.63, 3.8) is 0 Å². The molecule has 3 nitrogen and oxygen atoms in total. The first-order valence-electron chi connectivity index (χ1n) is 4.77.